The number of fused-ring (bicyclic) bond motifs is 12. The first-order valence-corrected chi connectivity index (χ1v) is 9.85. The Hall–Kier alpha value is -0.530. The van der Waals surface area contributed by atoms with Crippen LogP contribution in [0.4, 0.5) is 0 Å². The van der Waals surface area contributed by atoms with E-state index in [9.17, 15) is 4.79 Å². The molecule has 5 fully saturated rings. The summed E-state index contributed by atoms with van der Waals surface area (Å²) in [6.07, 6.45) is 2.82. The third kappa shape index (κ3) is 1.82. The molecule has 4 bridgehead atoms. The van der Waals surface area contributed by atoms with E-state index in [2.05, 4.69) is 13.8 Å². The summed E-state index contributed by atoms with van der Waals surface area (Å²) in [5.74, 6) is 8.16. The van der Waals surface area contributed by atoms with Gasteiger partial charge in [0.1, 0.15) is 0 Å². The van der Waals surface area contributed by atoms with Gasteiger partial charge in [-0.1, -0.05) is 41.5 Å². The first-order valence-electron chi connectivity index (χ1n) is 9.85. The van der Waals surface area contributed by atoms with Crippen molar-refractivity contribution in [1.29, 1.82) is 0 Å². The fourth-order valence-corrected chi connectivity index (χ4v) is 7.23. The SMILES string of the molecule is CC.CC.CC1C(C)C2CC1C1C3CC(C4C(=O)OCC34)C21. The van der Waals surface area contributed by atoms with Gasteiger partial charge >= 0.3 is 5.97 Å². The molecule has 126 valence electrons. The van der Waals surface area contributed by atoms with Gasteiger partial charge in [0.05, 0.1) is 12.5 Å². The number of esters is 1. The van der Waals surface area contributed by atoms with Gasteiger partial charge in [-0.3, -0.25) is 4.79 Å². The number of carbonyl (C=O) groups excluding carboxylic acids is 1. The number of rotatable bonds is 0. The summed E-state index contributed by atoms with van der Waals surface area (Å²) in [5.41, 5.74) is 0. The number of hydrogen-bond donors (Lipinski definition) is 0. The molecule has 5 rings (SSSR count). The van der Waals surface area contributed by atoms with Crippen LogP contribution in [0.1, 0.15) is 54.4 Å². The molecule has 2 nitrogen and oxygen atoms in total. The van der Waals surface area contributed by atoms with Crippen LogP contribution in [-0.2, 0) is 9.53 Å². The summed E-state index contributed by atoms with van der Waals surface area (Å²) >= 11 is 0. The minimum Gasteiger partial charge on any atom is -0.465 e. The van der Waals surface area contributed by atoms with E-state index in [4.69, 9.17) is 4.74 Å². The van der Waals surface area contributed by atoms with Crippen molar-refractivity contribution < 1.29 is 9.53 Å². The van der Waals surface area contributed by atoms with E-state index in [1.807, 2.05) is 27.7 Å². The Labute approximate surface area is 136 Å². The van der Waals surface area contributed by atoms with Gasteiger partial charge in [-0.05, 0) is 60.2 Å². The van der Waals surface area contributed by atoms with E-state index in [1.165, 1.54) is 12.8 Å². The zero-order valence-corrected chi connectivity index (χ0v) is 15.2. The van der Waals surface area contributed by atoms with Crippen molar-refractivity contribution in [2.24, 2.45) is 59.2 Å². The highest BCUT2D eigenvalue weighted by atomic mass is 16.5. The molecule has 10 unspecified atom stereocenters. The topological polar surface area (TPSA) is 26.3 Å². The third-order valence-electron chi connectivity index (χ3n) is 7.85. The van der Waals surface area contributed by atoms with Crippen LogP contribution in [0.15, 0.2) is 0 Å². The van der Waals surface area contributed by atoms with Gasteiger partial charge < -0.3 is 4.74 Å². The van der Waals surface area contributed by atoms with E-state index >= 15 is 0 Å². The van der Waals surface area contributed by atoms with Gasteiger partial charge in [-0.15, -0.1) is 0 Å². The molecule has 0 spiro atoms. The van der Waals surface area contributed by atoms with Crippen molar-refractivity contribution in [3.63, 3.8) is 0 Å². The standard InChI is InChI=1S/C16H22O2.2C2H6/c1-6-7(2)9-3-8(6)13-10-4-11(14(9)13)15-12(10)5-18-16(15)17;2*1-2/h6-15H,3-5H2,1-2H3;2*1-2H3. The summed E-state index contributed by atoms with van der Waals surface area (Å²) in [6.45, 7) is 13.7. The molecule has 0 N–H and O–H groups in total. The fourth-order valence-electron chi connectivity index (χ4n) is 7.23. The smallest absolute Gasteiger partial charge is 0.309 e. The van der Waals surface area contributed by atoms with E-state index in [0.717, 1.165) is 48.0 Å². The predicted molar refractivity (Wildman–Crippen MR) is 89.1 cm³/mol. The molecule has 0 amide bonds. The second kappa shape index (κ2) is 5.83. The van der Waals surface area contributed by atoms with Crippen molar-refractivity contribution >= 4 is 5.97 Å². The highest BCUT2D eigenvalue weighted by Gasteiger charge is 2.70. The molecule has 2 heteroatoms. The van der Waals surface area contributed by atoms with E-state index in [0.29, 0.717) is 17.8 Å². The molecule has 1 aliphatic heterocycles. The second-order valence-corrected chi connectivity index (χ2v) is 7.82. The Balaban J connectivity index is 0.000000336. The van der Waals surface area contributed by atoms with Gasteiger partial charge in [0.25, 0.3) is 0 Å². The average Bonchev–Trinajstić information content (AvgIpc) is 3.31. The number of carbonyl (C=O) groups is 1. The lowest BCUT2D eigenvalue weighted by Crippen LogP contribution is -2.42. The predicted octanol–water partition coefficient (Wildman–Crippen LogP) is 4.63. The molecular weight excluding hydrogens is 272 g/mol. The van der Waals surface area contributed by atoms with Crippen LogP contribution < -0.4 is 0 Å². The molecule has 22 heavy (non-hydrogen) atoms. The van der Waals surface area contributed by atoms with Crippen molar-refractivity contribution in [3.05, 3.63) is 0 Å². The lowest BCUT2D eigenvalue weighted by Gasteiger charge is -2.43. The summed E-state index contributed by atoms with van der Waals surface area (Å²) in [6, 6.07) is 0. The summed E-state index contributed by atoms with van der Waals surface area (Å²) < 4.78 is 5.37. The van der Waals surface area contributed by atoms with Gasteiger partial charge in [0.15, 0.2) is 0 Å². The van der Waals surface area contributed by atoms with Gasteiger partial charge in [0, 0.05) is 5.92 Å². The molecule has 1 heterocycles. The molecule has 4 saturated carbocycles. The van der Waals surface area contributed by atoms with Gasteiger partial charge in [-0.2, -0.15) is 0 Å². The third-order valence-corrected chi connectivity index (χ3v) is 7.85. The fraction of sp³-hybridized carbons (Fsp3) is 0.950. The van der Waals surface area contributed by atoms with Crippen molar-refractivity contribution in [1.82, 2.24) is 0 Å². The maximum absolute atomic E-state index is 12.0. The molecule has 0 aromatic rings. The van der Waals surface area contributed by atoms with Crippen LogP contribution in [0.2, 0.25) is 0 Å². The van der Waals surface area contributed by atoms with Gasteiger partial charge in [0.2, 0.25) is 0 Å². The summed E-state index contributed by atoms with van der Waals surface area (Å²) in [7, 11) is 0. The van der Waals surface area contributed by atoms with Crippen LogP contribution in [0, 0.1) is 59.2 Å². The number of hydrogen-bond acceptors (Lipinski definition) is 2. The normalized spacial score (nSPS) is 55.6. The Kier molecular flexibility index (Phi) is 4.33. The van der Waals surface area contributed by atoms with Crippen molar-refractivity contribution in [3.8, 4) is 0 Å². The molecular formula is C20H34O2. The molecule has 1 saturated heterocycles. The van der Waals surface area contributed by atoms with Gasteiger partial charge in [-0.25, -0.2) is 0 Å². The highest BCUT2D eigenvalue weighted by Crippen LogP contribution is 2.73. The monoisotopic (exact) mass is 306 g/mol. The lowest BCUT2D eigenvalue weighted by atomic mass is 9.60. The van der Waals surface area contributed by atoms with Crippen molar-refractivity contribution in [2.45, 2.75) is 54.4 Å². The van der Waals surface area contributed by atoms with Crippen LogP contribution >= 0.6 is 0 Å². The van der Waals surface area contributed by atoms with Crippen LogP contribution in [0.3, 0.4) is 0 Å². The zero-order valence-electron chi connectivity index (χ0n) is 15.2. The molecule has 0 aromatic heterocycles. The Morgan fingerprint density at radius 3 is 1.86 bits per heavy atom. The highest BCUT2D eigenvalue weighted by molar-refractivity contribution is 5.76. The molecule has 0 radical (unpaired) electrons. The maximum Gasteiger partial charge on any atom is 0.309 e. The van der Waals surface area contributed by atoms with Crippen molar-refractivity contribution in [2.75, 3.05) is 6.61 Å². The Bertz CT molecular complexity index is 431. The first kappa shape index (κ1) is 16.3. The average molecular weight is 306 g/mol. The molecule has 0 aromatic carbocycles. The van der Waals surface area contributed by atoms with E-state index < -0.39 is 0 Å². The number of cyclic esters (lactones) is 1. The largest absolute Gasteiger partial charge is 0.465 e. The second-order valence-electron chi connectivity index (χ2n) is 7.82. The maximum atomic E-state index is 12.0. The first-order chi connectivity index (χ1) is 10.7. The van der Waals surface area contributed by atoms with E-state index in [1.54, 1.807) is 0 Å². The Morgan fingerprint density at radius 2 is 1.27 bits per heavy atom. The summed E-state index contributed by atoms with van der Waals surface area (Å²) in [4.78, 5) is 12.0. The lowest BCUT2D eigenvalue weighted by molar-refractivity contribution is -0.143. The minimum absolute atomic E-state index is 0.148. The zero-order chi connectivity index (χ0) is 16.2. The Morgan fingerprint density at radius 1 is 0.773 bits per heavy atom. The summed E-state index contributed by atoms with van der Waals surface area (Å²) in [5, 5.41) is 0. The molecule has 10 atom stereocenters. The van der Waals surface area contributed by atoms with E-state index in [-0.39, 0.29) is 5.97 Å². The quantitative estimate of drug-likeness (QED) is 0.482. The van der Waals surface area contributed by atoms with Crippen LogP contribution in [0.5, 0.6) is 0 Å². The minimum atomic E-state index is 0.148. The number of ether oxygens (including phenoxy) is 1. The molecule has 4 aliphatic carbocycles. The molecule has 5 aliphatic rings. The van der Waals surface area contributed by atoms with Crippen LogP contribution in [0.25, 0.3) is 0 Å². The van der Waals surface area contributed by atoms with Crippen LogP contribution in [-0.4, -0.2) is 12.6 Å².